The molecule has 1 aromatic heterocycles. The Morgan fingerprint density at radius 1 is 1.10 bits per heavy atom. The highest BCUT2D eigenvalue weighted by atomic mass is 16.5. The summed E-state index contributed by atoms with van der Waals surface area (Å²) in [5, 5.41) is 6.64. The fourth-order valence-corrected chi connectivity index (χ4v) is 2.22. The first kappa shape index (κ1) is 13.2. The van der Waals surface area contributed by atoms with Crippen molar-refractivity contribution >= 4 is 0 Å². The molecule has 0 saturated heterocycles. The van der Waals surface area contributed by atoms with Crippen LogP contribution in [0.15, 0.2) is 59.4 Å². The molecule has 5 nitrogen and oxygen atoms in total. The van der Waals surface area contributed by atoms with E-state index in [0.29, 0.717) is 12.2 Å². The molecule has 0 radical (unpaired) electrons. The number of aromatic nitrogens is 3. The van der Waals surface area contributed by atoms with Gasteiger partial charge in [0.1, 0.15) is 11.6 Å². The van der Waals surface area contributed by atoms with Crippen molar-refractivity contribution in [2.45, 2.75) is 6.42 Å². The minimum atomic E-state index is -0.232. The Labute approximate surface area is 121 Å². The lowest BCUT2D eigenvalue weighted by Crippen LogP contribution is -2.17. The second kappa shape index (κ2) is 5.66. The molecule has 21 heavy (non-hydrogen) atoms. The average molecular weight is 281 g/mol. The predicted molar refractivity (Wildman–Crippen MR) is 80.0 cm³/mol. The Morgan fingerprint density at radius 3 is 2.48 bits per heavy atom. The SMILES string of the molecule is COc1ccc(Cc2n[nH]c(=O)n2-c2ccccc2)cc1. The van der Waals surface area contributed by atoms with E-state index in [9.17, 15) is 4.79 Å². The van der Waals surface area contributed by atoms with Crippen molar-refractivity contribution < 1.29 is 4.74 Å². The monoisotopic (exact) mass is 281 g/mol. The largest absolute Gasteiger partial charge is 0.497 e. The summed E-state index contributed by atoms with van der Waals surface area (Å²) >= 11 is 0. The van der Waals surface area contributed by atoms with E-state index in [2.05, 4.69) is 10.2 Å². The highest BCUT2D eigenvalue weighted by Crippen LogP contribution is 2.15. The molecule has 0 fully saturated rings. The van der Waals surface area contributed by atoms with Crippen LogP contribution in [0.1, 0.15) is 11.4 Å². The van der Waals surface area contributed by atoms with Crippen LogP contribution in [0.3, 0.4) is 0 Å². The van der Waals surface area contributed by atoms with E-state index in [4.69, 9.17) is 4.74 Å². The van der Waals surface area contributed by atoms with Crippen LogP contribution >= 0.6 is 0 Å². The molecule has 3 aromatic rings. The highest BCUT2D eigenvalue weighted by Gasteiger charge is 2.10. The van der Waals surface area contributed by atoms with Gasteiger partial charge in [-0.3, -0.25) is 0 Å². The summed E-state index contributed by atoms with van der Waals surface area (Å²) in [6, 6.07) is 17.2. The molecule has 1 heterocycles. The zero-order valence-electron chi connectivity index (χ0n) is 11.6. The van der Waals surface area contributed by atoms with Crippen LogP contribution in [0, 0.1) is 0 Å². The number of aromatic amines is 1. The second-order valence-electron chi connectivity index (χ2n) is 4.64. The number of nitrogens with one attached hydrogen (secondary N) is 1. The minimum absolute atomic E-state index is 0.232. The van der Waals surface area contributed by atoms with Crippen molar-refractivity contribution in [3.05, 3.63) is 76.5 Å². The standard InChI is InChI=1S/C16H15N3O2/c1-21-14-9-7-12(8-10-14)11-15-17-18-16(20)19(15)13-5-3-2-4-6-13/h2-10H,11H2,1H3,(H,18,20). The van der Waals surface area contributed by atoms with Gasteiger partial charge in [-0.05, 0) is 29.8 Å². The van der Waals surface area contributed by atoms with Gasteiger partial charge in [-0.15, -0.1) is 0 Å². The third kappa shape index (κ3) is 2.72. The number of benzene rings is 2. The molecule has 5 heteroatoms. The Morgan fingerprint density at radius 2 is 1.81 bits per heavy atom. The van der Waals surface area contributed by atoms with E-state index in [1.54, 1.807) is 11.7 Å². The summed E-state index contributed by atoms with van der Waals surface area (Å²) in [4.78, 5) is 12.0. The summed E-state index contributed by atoms with van der Waals surface area (Å²) in [6.07, 6.45) is 0.567. The third-order valence-electron chi connectivity index (χ3n) is 3.28. The first-order chi connectivity index (χ1) is 10.3. The summed E-state index contributed by atoms with van der Waals surface area (Å²) < 4.78 is 6.73. The number of rotatable bonds is 4. The van der Waals surface area contributed by atoms with Gasteiger partial charge in [0.15, 0.2) is 0 Å². The van der Waals surface area contributed by atoms with Crippen molar-refractivity contribution in [2.75, 3.05) is 7.11 Å². The van der Waals surface area contributed by atoms with E-state index in [1.807, 2.05) is 54.6 Å². The topological polar surface area (TPSA) is 59.9 Å². The number of hydrogen-bond acceptors (Lipinski definition) is 3. The van der Waals surface area contributed by atoms with Crippen molar-refractivity contribution in [2.24, 2.45) is 0 Å². The molecular weight excluding hydrogens is 266 g/mol. The molecule has 0 spiro atoms. The lowest BCUT2D eigenvalue weighted by molar-refractivity contribution is 0.414. The fraction of sp³-hybridized carbons (Fsp3) is 0.125. The van der Waals surface area contributed by atoms with Gasteiger partial charge in [-0.2, -0.15) is 5.10 Å². The molecule has 0 aliphatic carbocycles. The van der Waals surface area contributed by atoms with Crippen molar-refractivity contribution in [1.82, 2.24) is 14.8 Å². The van der Waals surface area contributed by atoms with Crippen molar-refractivity contribution in [3.8, 4) is 11.4 Å². The van der Waals surface area contributed by atoms with Gasteiger partial charge in [0.2, 0.25) is 0 Å². The summed E-state index contributed by atoms with van der Waals surface area (Å²) in [6.45, 7) is 0. The molecule has 0 aliphatic heterocycles. The number of ether oxygens (including phenoxy) is 1. The van der Waals surface area contributed by atoms with Gasteiger partial charge >= 0.3 is 5.69 Å². The van der Waals surface area contributed by atoms with Gasteiger partial charge in [0, 0.05) is 6.42 Å². The van der Waals surface area contributed by atoms with E-state index < -0.39 is 0 Å². The van der Waals surface area contributed by atoms with Crippen LogP contribution in [-0.2, 0) is 6.42 Å². The van der Waals surface area contributed by atoms with Crippen LogP contribution in [0.25, 0.3) is 5.69 Å². The van der Waals surface area contributed by atoms with Crippen LogP contribution in [0.5, 0.6) is 5.75 Å². The van der Waals surface area contributed by atoms with Crippen LogP contribution in [0.4, 0.5) is 0 Å². The maximum Gasteiger partial charge on any atom is 0.347 e. The molecule has 0 bridgehead atoms. The number of H-pyrrole nitrogens is 1. The highest BCUT2D eigenvalue weighted by molar-refractivity contribution is 5.34. The zero-order chi connectivity index (χ0) is 14.7. The third-order valence-corrected chi connectivity index (χ3v) is 3.28. The Kier molecular flexibility index (Phi) is 3.55. The van der Waals surface area contributed by atoms with Gasteiger partial charge in [0.05, 0.1) is 12.8 Å². The zero-order valence-corrected chi connectivity index (χ0v) is 11.6. The van der Waals surface area contributed by atoms with E-state index in [0.717, 1.165) is 17.0 Å². The fourth-order valence-electron chi connectivity index (χ4n) is 2.22. The molecule has 106 valence electrons. The number of hydrogen-bond donors (Lipinski definition) is 1. The van der Waals surface area contributed by atoms with Crippen LogP contribution in [-0.4, -0.2) is 21.9 Å². The van der Waals surface area contributed by atoms with E-state index in [-0.39, 0.29) is 5.69 Å². The average Bonchev–Trinajstić information content (AvgIpc) is 2.89. The second-order valence-corrected chi connectivity index (χ2v) is 4.64. The summed E-state index contributed by atoms with van der Waals surface area (Å²) in [5.74, 6) is 1.48. The van der Waals surface area contributed by atoms with Gasteiger partial charge < -0.3 is 4.74 Å². The molecule has 2 aromatic carbocycles. The van der Waals surface area contributed by atoms with E-state index >= 15 is 0 Å². The Bertz CT molecular complexity index is 773. The Balaban J connectivity index is 1.94. The lowest BCUT2D eigenvalue weighted by atomic mass is 10.1. The van der Waals surface area contributed by atoms with Gasteiger partial charge in [-0.25, -0.2) is 14.5 Å². The van der Waals surface area contributed by atoms with Gasteiger partial charge in [-0.1, -0.05) is 30.3 Å². The molecule has 0 amide bonds. The maximum atomic E-state index is 12.0. The first-order valence-corrected chi connectivity index (χ1v) is 6.62. The normalized spacial score (nSPS) is 10.5. The molecule has 0 atom stereocenters. The Hall–Kier alpha value is -2.82. The molecule has 3 rings (SSSR count). The quantitative estimate of drug-likeness (QED) is 0.797. The van der Waals surface area contributed by atoms with Crippen molar-refractivity contribution in [3.63, 3.8) is 0 Å². The minimum Gasteiger partial charge on any atom is -0.497 e. The number of nitrogens with zero attached hydrogens (tertiary/aromatic N) is 2. The van der Waals surface area contributed by atoms with Crippen LogP contribution in [0.2, 0.25) is 0 Å². The number of para-hydroxylation sites is 1. The number of methoxy groups -OCH3 is 1. The molecule has 1 N–H and O–H groups in total. The predicted octanol–water partition coefficient (Wildman–Crippen LogP) is 2.16. The van der Waals surface area contributed by atoms with Gasteiger partial charge in [0.25, 0.3) is 0 Å². The van der Waals surface area contributed by atoms with Crippen molar-refractivity contribution in [1.29, 1.82) is 0 Å². The summed E-state index contributed by atoms with van der Waals surface area (Å²) in [7, 11) is 1.63. The first-order valence-electron chi connectivity index (χ1n) is 6.62. The molecule has 0 unspecified atom stereocenters. The van der Waals surface area contributed by atoms with E-state index in [1.165, 1.54) is 0 Å². The smallest absolute Gasteiger partial charge is 0.347 e. The maximum absolute atomic E-state index is 12.0. The molecule has 0 aliphatic rings. The van der Waals surface area contributed by atoms with Crippen LogP contribution < -0.4 is 10.4 Å². The molecule has 0 saturated carbocycles. The lowest BCUT2D eigenvalue weighted by Gasteiger charge is -2.06. The summed E-state index contributed by atoms with van der Waals surface area (Å²) in [5.41, 5.74) is 1.64. The molecular formula is C16H15N3O2.